The molecule has 162 valence electrons. The fourth-order valence-corrected chi connectivity index (χ4v) is 5.09. The minimum Gasteiger partial charge on any atom is -0.478 e. The van der Waals surface area contributed by atoms with E-state index in [1.54, 1.807) is 16.4 Å². The Bertz CT molecular complexity index is 1130. The minimum absolute atomic E-state index is 0.317. The standard InChI is InChI=1S/C23H26N4O3S/c1-3-30-23-17-22(24-18(2)25-23)26-13-15-27(16-14-26)31(28,29)21-11-9-20(10-12-21)19-7-5-4-6-8-19/h4-12,17H,3,13-16H2,1-2H3. The number of ether oxygens (including phenoxy) is 1. The molecule has 0 unspecified atom stereocenters. The van der Waals surface area contributed by atoms with Crippen LogP contribution in [0.2, 0.25) is 0 Å². The van der Waals surface area contributed by atoms with E-state index >= 15 is 0 Å². The third-order valence-electron chi connectivity index (χ3n) is 5.25. The molecule has 1 aliphatic rings. The maximum atomic E-state index is 13.1. The van der Waals surface area contributed by atoms with Crippen LogP contribution in [-0.4, -0.2) is 55.5 Å². The summed E-state index contributed by atoms with van der Waals surface area (Å²) in [5, 5.41) is 0. The monoisotopic (exact) mass is 438 g/mol. The zero-order chi connectivity index (χ0) is 21.8. The van der Waals surface area contributed by atoms with Gasteiger partial charge in [-0.2, -0.15) is 9.29 Å². The van der Waals surface area contributed by atoms with E-state index in [-0.39, 0.29) is 0 Å². The summed E-state index contributed by atoms with van der Waals surface area (Å²) in [4.78, 5) is 11.2. The topological polar surface area (TPSA) is 75.6 Å². The van der Waals surface area contributed by atoms with Crippen LogP contribution in [0.1, 0.15) is 12.7 Å². The number of sulfonamides is 1. The number of nitrogens with zero attached hydrogens (tertiary/aromatic N) is 4. The van der Waals surface area contributed by atoms with Gasteiger partial charge in [-0.15, -0.1) is 0 Å². The molecule has 0 radical (unpaired) electrons. The quantitative estimate of drug-likeness (QED) is 0.587. The summed E-state index contributed by atoms with van der Waals surface area (Å²) in [5.41, 5.74) is 2.06. The van der Waals surface area contributed by atoms with Gasteiger partial charge in [0.25, 0.3) is 0 Å². The number of aryl methyl sites for hydroxylation is 1. The second kappa shape index (κ2) is 9.03. The predicted octanol–water partition coefficient (Wildman–Crippen LogP) is 3.36. The average Bonchev–Trinajstić information content (AvgIpc) is 2.80. The molecule has 1 aliphatic heterocycles. The van der Waals surface area contributed by atoms with E-state index in [1.807, 2.05) is 62.4 Å². The number of rotatable bonds is 6. The van der Waals surface area contributed by atoms with Crippen molar-refractivity contribution in [1.82, 2.24) is 14.3 Å². The molecule has 2 aromatic carbocycles. The summed E-state index contributed by atoms with van der Waals surface area (Å²) in [6, 6.07) is 18.8. The Morgan fingerprint density at radius 3 is 2.19 bits per heavy atom. The molecule has 0 spiro atoms. The first-order valence-corrected chi connectivity index (χ1v) is 11.8. The molecular formula is C23H26N4O3S. The maximum Gasteiger partial charge on any atom is 0.243 e. The van der Waals surface area contributed by atoms with Crippen LogP contribution in [0.4, 0.5) is 5.82 Å². The third kappa shape index (κ3) is 4.70. The van der Waals surface area contributed by atoms with Gasteiger partial charge in [-0.25, -0.2) is 13.4 Å². The molecule has 0 aliphatic carbocycles. The summed E-state index contributed by atoms with van der Waals surface area (Å²) in [7, 11) is -3.54. The van der Waals surface area contributed by atoms with Crippen LogP contribution in [0.25, 0.3) is 11.1 Å². The fourth-order valence-electron chi connectivity index (χ4n) is 3.67. The molecule has 4 rings (SSSR count). The molecular weight excluding hydrogens is 412 g/mol. The number of anilines is 1. The predicted molar refractivity (Wildman–Crippen MR) is 121 cm³/mol. The molecule has 8 heteroatoms. The summed E-state index contributed by atoms with van der Waals surface area (Å²) in [5.74, 6) is 1.94. The van der Waals surface area contributed by atoms with Crippen LogP contribution < -0.4 is 9.64 Å². The van der Waals surface area contributed by atoms with Crippen molar-refractivity contribution in [3.63, 3.8) is 0 Å². The van der Waals surface area contributed by atoms with Crippen molar-refractivity contribution in [2.45, 2.75) is 18.7 Å². The van der Waals surface area contributed by atoms with Crippen LogP contribution in [0.5, 0.6) is 5.88 Å². The summed E-state index contributed by atoms with van der Waals surface area (Å²) in [6.45, 7) is 6.18. The number of aromatic nitrogens is 2. The van der Waals surface area contributed by atoms with Crippen molar-refractivity contribution in [2.24, 2.45) is 0 Å². The van der Waals surface area contributed by atoms with Crippen molar-refractivity contribution >= 4 is 15.8 Å². The summed E-state index contributed by atoms with van der Waals surface area (Å²) in [6.07, 6.45) is 0. The third-order valence-corrected chi connectivity index (χ3v) is 7.17. The first-order chi connectivity index (χ1) is 15.0. The van der Waals surface area contributed by atoms with Gasteiger partial charge in [0.15, 0.2) is 0 Å². The van der Waals surface area contributed by atoms with E-state index in [4.69, 9.17) is 4.74 Å². The molecule has 2 heterocycles. The van der Waals surface area contributed by atoms with Gasteiger partial charge >= 0.3 is 0 Å². The number of benzene rings is 2. The molecule has 1 aromatic heterocycles. The molecule has 0 N–H and O–H groups in total. The van der Waals surface area contributed by atoms with Crippen molar-refractivity contribution in [1.29, 1.82) is 0 Å². The highest BCUT2D eigenvalue weighted by atomic mass is 32.2. The Labute approximate surface area is 183 Å². The van der Waals surface area contributed by atoms with Crippen molar-refractivity contribution in [2.75, 3.05) is 37.7 Å². The van der Waals surface area contributed by atoms with Crippen LogP contribution in [-0.2, 0) is 10.0 Å². The molecule has 0 bridgehead atoms. The highest BCUT2D eigenvalue weighted by molar-refractivity contribution is 7.89. The number of hydrogen-bond donors (Lipinski definition) is 0. The van der Waals surface area contributed by atoms with Gasteiger partial charge in [0.2, 0.25) is 15.9 Å². The van der Waals surface area contributed by atoms with Gasteiger partial charge in [-0.3, -0.25) is 0 Å². The Morgan fingerprint density at radius 2 is 1.55 bits per heavy atom. The smallest absolute Gasteiger partial charge is 0.243 e. The lowest BCUT2D eigenvalue weighted by Crippen LogP contribution is -2.49. The van der Waals surface area contributed by atoms with Gasteiger partial charge in [0, 0.05) is 32.2 Å². The zero-order valence-corrected chi connectivity index (χ0v) is 18.5. The highest BCUT2D eigenvalue weighted by Gasteiger charge is 2.29. The van der Waals surface area contributed by atoms with E-state index in [1.165, 1.54) is 0 Å². The zero-order valence-electron chi connectivity index (χ0n) is 17.7. The van der Waals surface area contributed by atoms with Gasteiger partial charge in [0.05, 0.1) is 11.5 Å². The Morgan fingerprint density at radius 1 is 0.903 bits per heavy atom. The summed E-state index contributed by atoms with van der Waals surface area (Å²) < 4.78 is 33.3. The SMILES string of the molecule is CCOc1cc(N2CCN(S(=O)(=O)c3ccc(-c4ccccc4)cc3)CC2)nc(C)n1. The Balaban J connectivity index is 1.46. The van der Waals surface area contributed by atoms with Gasteiger partial charge in [-0.1, -0.05) is 42.5 Å². The van der Waals surface area contributed by atoms with Gasteiger partial charge < -0.3 is 9.64 Å². The van der Waals surface area contributed by atoms with Crippen molar-refractivity contribution < 1.29 is 13.2 Å². The first kappa shape index (κ1) is 21.3. The molecule has 1 saturated heterocycles. The van der Waals surface area contributed by atoms with Crippen LogP contribution >= 0.6 is 0 Å². The second-order valence-electron chi connectivity index (χ2n) is 7.33. The Kier molecular flexibility index (Phi) is 6.20. The molecule has 1 fully saturated rings. The lowest BCUT2D eigenvalue weighted by atomic mass is 10.1. The van der Waals surface area contributed by atoms with Crippen LogP contribution in [0.3, 0.4) is 0 Å². The lowest BCUT2D eigenvalue weighted by Gasteiger charge is -2.34. The van der Waals surface area contributed by atoms with Crippen LogP contribution in [0, 0.1) is 6.92 Å². The number of piperazine rings is 1. The second-order valence-corrected chi connectivity index (χ2v) is 9.26. The van der Waals surface area contributed by atoms with Crippen molar-refractivity contribution in [3.05, 3.63) is 66.5 Å². The van der Waals surface area contributed by atoms with Gasteiger partial charge in [0.1, 0.15) is 11.6 Å². The normalized spacial score (nSPS) is 15.1. The molecule has 0 saturated carbocycles. The summed E-state index contributed by atoms with van der Waals surface area (Å²) >= 11 is 0. The largest absolute Gasteiger partial charge is 0.478 e. The molecule has 0 amide bonds. The van der Waals surface area contributed by atoms with Crippen LogP contribution in [0.15, 0.2) is 65.6 Å². The Hall–Kier alpha value is -2.97. The minimum atomic E-state index is -3.54. The van der Waals surface area contributed by atoms with E-state index in [9.17, 15) is 8.42 Å². The number of hydrogen-bond acceptors (Lipinski definition) is 6. The van der Waals surface area contributed by atoms with E-state index in [0.29, 0.717) is 49.4 Å². The molecule has 3 aromatic rings. The van der Waals surface area contributed by atoms with Gasteiger partial charge in [-0.05, 0) is 37.1 Å². The maximum absolute atomic E-state index is 13.1. The molecule has 0 atom stereocenters. The first-order valence-electron chi connectivity index (χ1n) is 10.4. The fraction of sp³-hybridized carbons (Fsp3) is 0.304. The highest BCUT2D eigenvalue weighted by Crippen LogP contribution is 2.25. The van der Waals surface area contributed by atoms with E-state index in [0.717, 1.165) is 16.9 Å². The van der Waals surface area contributed by atoms with Crippen molar-refractivity contribution in [3.8, 4) is 17.0 Å². The molecule has 7 nitrogen and oxygen atoms in total. The van der Waals surface area contributed by atoms with E-state index in [2.05, 4.69) is 14.9 Å². The average molecular weight is 439 g/mol. The lowest BCUT2D eigenvalue weighted by molar-refractivity contribution is 0.325. The molecule has 31 heavy (non-hydrogen) atoms. The van der Waals surface area contributed by atoms with E-state index < -0.39 is 10.0 Å².